The summed E-state index contributed by atoms with van der Waals surface area (Å²) >= 11 is 0. The molecule has 6 aromatic carbocycles. The van der Waals surface area contributed by atoms with Crippen LogP contribution >= 0.6 is 0 Å². The molecule has 0 aliphatic rings. The van der Waals surface area contributed by atoms with Gasteiger partial charge in [0, 0.05) is 35.2 Å². The van der Waals surface area contributed by atoms with Gasteiger partial charge in [-0.1, -0.05) is 147 Å². The van der Waals surface area contributed by atoms with E-state index >= 15 is 0 Å². The third kappa shape index (κ3) is 8.04. The first-order valence-electron chi connectivity index (χ1n) is 28.4. The highest BCUT2D eigenvalue weighted by atomic mass is 16.3. The zero-order valence-electron chi connectivity index (χ0n) is 51.7. The Kier molecular flexibility index (Phi) is 6.71. The van der Waals surface area contributed by atoms with E-state index in [4.69, 9.17) is 25.5 Å². The maximum absolute atomic E-state index is 11.9. The molecule has 0 spiro atoms. The average molecular weight is 818 g/mol. The summed E-state index contributed by atoms with van der Waals surface area (Å²) in [6.07, 6.45) is 0.169. The van der Waals surface area contributed by atoms with E-state index in [1.54, 1.807) is 12.1 Å². The Hall–Kier alpha value is -6.26. The van der Waals surface area contributed by atoms with Gasteiger partial charge in [-0.3, -0.25) is 9.55 Å². The molecule has 0 saturated carbocycles. The largest absolute Gasteiger partial charge is 0.507 e. The number of benzene rings is 6. The highest BCUT2D eigenvalue weighted by molar-refractivity contribution is 5.98. The maximum atomic E-state index is 11.9. The van der Waals surface area contributed by atoms with Gasteiger partial charge in [0.1, 0.15) is 11.6 Å². The van der Waals surface area contributed by atoms with E-state index < -0.39 is 90.5 Å². The van der Waals surface area contributed by atoms with Crippen molar-refractivity contribution in [3.8, 4) is 67.5 Å². The molecular formula is C57H59N3O. The number of hydrogen-bond donors (Lipinski definition) is 1. The SMILES string of the molecule is [2H]c1nc(-c2cc(-c3cccc4c3nc(-c3cc(C)cc(C)c3O)n4-c3ccc(C(C)(C)CC)cc3-c3ccccc3)cc(C(C)(C)C)c2)c([2H])c(-c2c([2H])c([2H])c(C(C([2H])([2H])[2H])(C([2H])([2H])[2H])C([2H])([2H])[2H])c([2H])c2[2H])c1[2H]. The second kappa shape index (κ2) is 15.6. The van der Waals surface area contributed by atoms with Crippen molar-refractivity contribution in [3.05, 3.63) is 167 Å². The van der Waals surface area contributed by atoms with Gasteiger partial charge in [-0.05, 0) is 135 Å². The van der Waals surface area contributed by atoms with Gasteiger partial charge in [0.2, 0.25) is 0 Å². The zero-order valence-corrected chi connectivity index (χ0v) is 35.7. The normalized spacial score (nSPS) is 16.7. The summed E-state index contributed by atoms with van der Waals surface area (Å²) in [6.45, 7) is 4.55. The highest BCUT2D eigenvalue weighted by Crippen LogP contribution is 2.43. The number of pyridine rings is 1. The Morgan fingerprint density at radius 2 is 1.38 bits per heavy atom. The molecule has 8 aromatic rings. The number of rotatable bonds is 8. The predicted molar refractivity (Wildman–Crippen MR) is 258 cm³/mol. The topological polar surface area (TPSA) is 50.9 Å². The number of aryl methyl sites for hydroxylation is 2. The molecule has 0 aliphatic heterocycles. The van der Waals surface area contributed by atoms with E-state index in [-0.39, 0.29) is 22.4 Å². The van der Waals surface area contributed by atoms with E-state index in [0.29, 0.717) is 39.1 Å². The summed E-state index contributed by atoms with van der Waals surface area (Å²) in [6, 6.07) is 25.3. The minimum absolute atomic E-state index is 0.0622. The van der Waals surface area contributed by atoms with Gasteiger partial charge in [-0.15, -0.1) is 0 Å². The van der Waals surface area contributed by atoms with E-state index in [9.17, 15) is 6.48 Å². The summed E-state index contributed by atoms with van der Waals surface area (Å²) in [5, 5.41) is 11.9. The molecule has 4 heteroatoms. The molecule has 2 heterocycles. The van der Waals surface area contributed by atoms with Crippen molar-refractivity contribution in [2.24, 2.45) is 0 Å². The maximum Gasteiger partial charge on any atom is 0.149 e. The Balaban J connectivity index is 1.43. The quantitative estimate of drug-likeness (QED) is 0.166. The van der Waals surface area contributed by atoms with Gasteiger partial charge in [-0.2, -0.15) is 0 Å². The molecule has 8 rings (SSSR count). The van der Waals surface area contributed by atoms with Crippen LogP contribution < -0.4 is 0 Å². The fourth-order valence-corrected chi connectivity index (χ4v) is 7.65. The molecule has 0 unspecified atom stereocenters. The van der Waals surface area contributed by atoms with Gasteiger partial charge < -0.3 is 5.11 Å². The van der Waals surface area contributed by atoms with Crippen molar-refractivity contribution >= 4 is 11.0 Å². The van der Waals surface area contributed by atoms with Gasteiger partial charge in [0.05, 0.1) is 37.6 Å². The Bertz CT molecular complexity index is 3600. The number of aromatic nitrogens is 3. The smallest absolute Gasteiger partial charge is 0.149 e. The number of para-hydroxylation sites is 1. The summed E-state index contributed by atoms with van der Waals surface area (Å²) < 4.78 is 140. The molecule has 61 heavy (non-hydrogen) atoms. The number of aromatic hydroxyl groups is 1. The first-order chi connectivity index (χ1) is 35.6. The van der Waals surface area contributed by atoms with Crippen molar-refractivity contribution in [3.63, 3.8) is 0 Å². The molecule has 4 nitrogen and oxygen atoms in total. The number of imidazole rings is 1. The minimum Gasteiger partial charge on any atom is -0.507 e. The standard InChI is InChI=1S/C57H59N3O/c1-12-57(10,11)44-25-26-50(47(35-44)39-17-14-13-15-18-39)60-51-20-16-19-46(52(51)59-54(60)48-30-36(2)29-37(3)53(48)61)41-31-42(33-45(32-41)56(7,8)9)49-34-40(27-28-58-49)38-21-23-43(24-22-38)55(4,5)6/h13-35,61H,12H2,1-11H3/i4D3,5D3,6D3,21D,22D,23D,24D,27D,28D,34D. The molecule has 0 aliphatic carbocycles. The Morgan fingerprint density at radius 1 is 0.639 bits per heavy atom. The first-order valence-corrected chi connectivity index (χ1v) is 20.4. The number of phenolic OH excluding ortho intramolecular Hbond substituents is 1. The van der Waals surface area contributed by atoms with E-state index in [1.165, 1.54) is 0 Å². The molecular weight excluding hydrogens is 743 g/mol. The van der Waals surface area contributed by atoms with Crippen LogP contribution in [0.5, 0.6) is 5.75 Å². The van der Waals surface area contributed by atoms with Crippen LogP contribution in [-0.4, -0.2) is 19.6 Å². The fourth-order valence-electron chi connectivity index (χ4n) is 7.65. The third-order valence-corrected chi connectivity index (χ3v) is 11.6. The van der Waals surface area contributed by atoms with E-state index in [2.05, 4.69) is 60.7 Å². The second-order valence-corrected chi connectivity index (χ2v) is 17.5. The van der Waals surface area contributed by atoms with Gasteiger partial charge in [-0.25, -0.2) is 4.98 Å². The first kappa shape index (κ1) is 26.2. The van der Waals surface area contributed by atoms with Crippen molar-refractivity contribution in [1.29, 1.82) is 0 Å². The molecule has 0 fully saturated rings. The summed E-state index contributed by atoms with van der Waals surface area (Å²) in [4.78, 5) is 9.81. The predicted octanol–water partition coefficient (Wildman–Crippen LogP) is 15.4. The Morgan fingerprint density at radius 3 is 2.08 bits per heavy atom. The lowest BCUT2D eigenvalue weighted by Gasteiger charge is -2.26. The van der Waals surface area contributed by atoms with Crippen LogP contribution in [0, 0.1) is 13.8 Å². The lowest BCUT2D eigenvalue weighted by molar-refractivity contribution is 0.472. The number of hydrogen-bond acceptors (Lipinski definition) is 3. The highest BCUT2D eigenvalue weighted by Gasteiger charge is 2.26. The lowest BCUT2D eigenvalue weighted by Crippen LogP contribution is -2.16. The number of nitrogens with zero attached hydrogens (tertiary/aromatic N) is 3. The summed E-state index contributed by atoms with van der Waals surface area (Å²) in [5.41, 5.74) is 1.82. The van der Waals surface area contributed by atoms with Crippen LogP contribution in [0.2, 0.25) is 0 Å². The molecule has 0 saturated heterocycles. The van der Waals surface area contributed by atoms with Gasteiger partial charge in [0.15, 0.2) is 0 Å². The molecule has 0 atom stereocenters. The van der Waals surface area contributed by atoms with Crippen LogP contribution in [-0.2, 0) is 16.2 Å². The molecule has 1 N–H and O–H groups in total. The van der Waals surface area contributed by atoms with Crippen molar-refractivity contribution in [2.45, 2.75) is 98.6 Å². The van der Waals surface area contributed by atoms with Gasteiger partial charge in [0.25, 0.3) is 0 Å². The fraction of sp³-hybridized carbons (Fsp3) is 0.263. The molecule has 308 valence electrons. The van der Waals surface area contributed by atoms with Crippen LogP contribution in [0.1, 0.15) is 118 Å². The average Bonchev–Trinajstić information content (AvgIpc) is 3.74. The Labute approximate surface area is 385 Å². The monoisotopic (exact) mass is 818 g/mol. The van der Waals surface area contributed by atoms with Crippen LogP contribution in [0.3, 0.4) is 0 Å². The number of fused-ring (bicyclic) bond motifs is 1. The van der Waals surface area contributed by atoms with Crippen molar-refractivity contribution in [2.75, 3.05) is 0 Å². The molecule has 2 aromatic heterocycles. The lowest BCUT2D eigenvalue weighted by atomic mass is 9.81. The summed E-state index contributed by atoms with van der Waals surface area (Å²) in [5.74, 6) is 0.528. The molecule has 0 radical (unpaired) electrons. The van der Waals surface area contributed by atoms with Crippen LogP contribution in [0.4, 0.5) is 0 Å². The number of phenols is 1. The van der Waals surface area contributed by atoms with Crippen molar-refractivity contribution < 1.29 is 27.0 Å². The van der Waals surface area contributed by atoms with Gasteiger partial charge >= 0.3 is 0 Å². The zero-order chi connectivity index (χ0) is 57.0. The van der Waals surface area contributed by atoms with E-state index in [1.807, 2.05) is 89.2 Å². The third-order valence-electron chi connectivity index (χ3n) is 11.6. The van der Waals surface area contributed by atoms with Crippen LogP contribution in [0.15, 0.2) is 139 Å². The van der Waals surface area contributed by atoms with E-state index in [0.717, 1.165) is 39.9 Å². The molecule has 0 amide bonds. The second-order valence-electron chi connectivity index (χ2n) is 17.5. The van der Waals surface area contributed by atoms with Crippen LogP contribution in [0.25, 0.3) is 72.7 Å². The summed E-state index contributed by atoms with van der Waals surface area (Å²) in [7, 11) is 0. The molecule has 0 bridgehead atoms. The van der Waals surface area contributed by atoms with Crippen molar-refractivity contribution in [1.82, 2.24) is 14.5 Å². The minimum atomic E-state index is -3.92.